The van der Waals surface area contributed by atoms with Crippen LogP contribution < -0.4 is 0 Å². The summed E-state index contributed by atoms with van der Waals surface area (Å²) in [5, 5.41) is 9.13. The Morgan fingerprint density at radius 3 is 2.12 bits per heavy atom. The fourth-order valence-electron chi connectivity index (χ4n) is 1.94. The van der Waals surface area contributed by atoms with E-state index in [1.54, 1.807) is 11.5 Å². The Bertz CT molecular complexity index is 333. The number of carboxylic acid groups (broad SMARTS) is 1. The van der Waals surface area contributed by atoms with Crippen molar-refractivity contribution in [3.05, 3.63) is 0 Å². The van der Waals surface area contributed by atoms with Crippen molar-refractivity contribution < 1.29 is 14.7 Å². The molecule has 1 aliphatic rings. The van der Waals surface area contributed by atoms with Crippen molar-refractivity contribution >= 4 is 20.1 Å². The van der Waals surface area contributed by atoms with Crippen molar-refractivity contribution in [2.24, 2.45) is 5.92 Å². The molecule has 92 valence electrons. The molecule has 2 atom stereocenters. The van der Waals surface area contributed by atoms with Crippen LogP contribution in [0.2, 0.25) is 18.1 Å². The van der Waals surface area contributed by atoms with Crippen LogP contribution in [0.25, 0.3) is 0 Å². The first kappa shape index (κ1) is 13.2. The molecule has 0 aromatic rings. The molecule has 1 amide bonds. The van der Waals surface area contributed by atoms with Gasteiger partial charge < -0.3 is 9.67 Å². The van der Waals surface area contributed by atoms with Crippen LogP contribution >= 0.6 is 0 Å². The molecule has 1 N–H and O–H groups in total. The number of nitrogens with zero attached hydrogens (tertiary/aromatic N) is 1. The smallest absolute Gasteiger partial charge is 0.326 e. The van der Waals surface area contributed by atoms with Crippen molar-refractivity contribution in [3.8, 4) is 0 Å². The third-order valence-electron chi connectivity index (χ3n) is 4.07. The van der Waals surface area contributed by atoms with Gasteiger partial charge in [-0.25, -0.2) is 4.79 Å². The Kier molecular flexibility index (Phi) is 2.96. The van der Waals surface area contributed by atoms with E-state index in [0.717, 1.165) is 0 Å². The zero-order valence-corrected chi connectivity index (χ0v) is 11.9. The number of carbonyl (C=O) groups excluding carboxylic acids is 1. The predicted octanol–water partition coefficient (Wildman–Crippen LogP) is 1.92. The van der Waals surface area contributed by atoms with Crippen molar-refractivity contribution in [2.75, 3.05) is 0 Å². The molecule has 0 spiro atoms. The van der Waals surface area contributed by atoms with Crippen LogP contribution in [-0.2, 0) is 9.59 Å². The molecule has 0 unspecified atom stereocenters. The number of carbonyl (C=O) groups is 2. The molecule has 1 aliphatic heterocycles. The van der Waals surface area contributed by atoms with Crippen LogP contribution in [0, 0.1) is 5.92 Å². The van der Waals surface area contributed by atoms with Crippen LogP contribution in [0.3, 0.4) is 0 Å². The molecule has 4 nitrogen and oxygen atoms in total. The monoisotopic (exact) mass is 243 g/mol. The van der Waals surface area contributed by atoms with Crippen molar-refractivity contribution in [3.63, 3.8) is 0 Å². The molecule has 1 saturated heterocycles. The highest BCUT2D eigenvalue weighted by Gasteiger charge is 2.58. The highest BCUT2D eigenvalue weighted by atomic mass is 28.3. The van der Waals surface area contributed by atoms with E-state index in [2.05, 4.69) is 33.9 Å². The Morgan fingerprint density at radius 1 is 1.38 bits per heavy atom. The van der Waals surface area contributed by atoms with Gasteiger partial charge in [-0.3, -0.25) is 4.79 Å². The molecule has 5 heteroatoms. The largest absolute Gasteiger partial charge is 0.480 e. The second kappa shape index (κ2) is 3.58. The van der Waals surface area contributed by atoms with Crippen LogP contribution in [0.5, 0.6) is 0 Å². The third-order valence-corrected chi connectivity index (χ3v) is 9.44. The van der Waals surface area contributed by atoms with E-state index in [1.165, 1.54) is 0 Å². The van der Waals surface area contributed by atoms with Gasteiger partial charge in [0, 0.05) is 0 Å². The Balaban J connectivity index is 3.05. The average Bonchev–Trinajstić information content (AvgIpc) is 2.09. The minimum absolute atomic E-state index is 0.000934. The van der Waals surface area contributed by atoms with Gasteiger partial charge in [-0.15, -0.1) is 0 Å². The molecule has 1 rings (SSSR count). The van der Waals surface area contributed by atoms with E-state index in [9.17, 15) is 9.59 Å². The summed E-state index contributed by atoms with van der Waals surface area (Å²) in [4.78, 5) is 23.0. The third kappa shape index (κ3) is 1.67. The van der Waals surface area contributed by atoms with Gasteiger partial charge >= 0.3 is 5.97 Å². The normalized spacial score (nSPS) is 26.6. The lowest BCUT2D eigenvalue weighted by atomic mass is 9.93. The van der Waals surface area contributed by atoms with Gasteiger partial charge in [-0.1, -0.05) is 40.8 Å². The highest BCUT2D eigenvalue weighted by Crippen LogP contribution is 2.44. The maximum absolute atomic E-state index is 11.9. The van der Waals surface area contributed by atoms with E-state index in [0.29, 0.717) is 0 Å². The Labute approximate surface area is 97.7 Å². The zero-order chi connectivity index (χ0) is 12.9. The molecular weight excluding hydrogens is 222 g/mol. The van der Waals surface area contributed by atoms with E-state index in [-0.39, 0.29) is 16.9 Å². The lowest BCUT2D eigenvalue weighted by Crippen LogP contribution is -2.74. The lowest BCUT2D eigenvalue weighted by molar-refractivity contribution is -0.162. The molecule has 0 aromatic heterocycles. The predicted molar refractivity (Wildman–Crippen MR) is 64.6 cm³/mol. The molecule has 0 aromatic carbocycles. The minimum atomic E-state index is -2.05. The van der Waals surface area contributed by atoms with Crippen LogP contribution in [0.15, 0.2) is 0 Å². The van der Waals surface area contributed by atoms with Gasteiger partial charge in [0.2, 0.25) is 5.91 Å². The molecule has 0 radical (unpaired) electrons. The van der Waals surface area contributed by atoms with E-state index >= 15 is 0 Å². The Hall–Kier alpha value is -0.843. The molecular formula is C11H21NO3Si. The molecule has 0 saturated carbocycles. The van der Waals surface area contributed by atoms with Gasteiger partial charge in [-0.2, -0.15) is 0 Å². The van der Waals surface area contributed by atoms with Crippen molar-refractivity contribution in [2.45, 2.75) is 51.9 Å². The fraction of sp³-hybridized carbons (Fsp3) is 0.818. The zero-order valence-electron chi connectivity index (χ0n) is 10.9. The number of aliphatic carboxylic acids is 1. The molecule has 0 bridgehead atoms. The van der Waals surface area contributed by atoms with Crippen LogP contribution in [0.1, 0.15) is 27.7 Å². The molecule has 0 aliphatic carbocycles. The summed E-state index contributed by atoms with van der Waals surface area (Å²) in [5.41, 5.74) is 0. The molecule has 1 heterocycles. The standard InChI is InChI=1S/C11H21NO3Si/c1-7-8(10(14)15)12(9(7)13)16(5,6)11(2,3)4/h7-8H,1-6H3,(H,14,15)/t7-,8-/m0/s1. The number of hydrogen-bond donors (Lipinski definition) is 1. The summed E-state index contributed by atoms with van der Waals surface area (Å²) in [6, 6.07) is -0.617. The number of rotatable bonds is 2. The second-order valence-electron chi connectivity index (χ2n) is 6.09. The quantitative estimate of drug-likeness (QED) is 0.595. The van der Waals surface area contributed by atoms with E-state index < -0.39 is 20.2 Å². The first-order valence-corrected chi connectivity index (χ1v) is 8.52. The average molecular weight is 243 g/mol. The first-order chi connectivity index (χ1) is 7.01. The van der Waals surface area contributed by atoms with Gasteiger partial charge in [-0.05, 0) is 5.04 Å². The summed E-state index contributed by atoms with van der Waals surface area (Å²) in [6.45, 7) is 12.1. The van der Waals surface area contributed by atoms with Crippen molar-refractivity contribution in [1.29, 1.82) is 0 Å². The topological polar surface area (TPSA) is 57.6 Å². The summed E-state index contributed by atoms with van der Waals surface area (Å²) >= 11 is 0. The van der Waals surface area contributed by atoms with Crippen molar-refractivity contribution in [1.82, 2.24) is 4.57 Å². The highest BCUT2D eigenvalue weighted by molar-refractivity contribution is 6.80. The Morgan fingerprint density at radius 2 is 1.81 bits per heavy atom. The summed E-state index contributed by atoms with van der Waals surface area (Å²) < 4.78 is 1.65. The van der Waals surface area contributed by atoms with Gasteiger partial charge in [0.05, 0.1) is 5.92 Å². The summed E-state index contributed by atoms with van der Waals surface area (Å²) in [6.07, 6.45) is 0. The maximum Gasteiger partial charge on any atom is 0.326 e. The maximum atomic E-state index is 11.9. The van der Waals surface area contributed by atoms with Gasteiger partial charge in [0.15, 0.2) is 8.24 Å². The number of hydrogen-bond acceptors (Lipinski definition) is 2. The van der Waals surface area contributed by atoms with E-state index in [4.69, 9.17) is 5.11 Å². The minimum Gasteiger partial charge on any atom is -0.480 e. The number of β-lactam (4-membered cyclic amide) rings is 1. The summed E-state index contributed by atoms with van der Waals surface area (Å²) in [7, 11) is -2.05. The number of amides is 1. The lowest BCUT2D eigenvalue weighted by Gasteiger charge is -2.56. The second-order valence-corrected chi connectivity index (χ2v) is 11.2. The summed E-state index contributed by atoms with van der Waals surface area (Å²) in [5.74, 6) is -1.25. The van der Waals surface area contributed by atoms with E-state index in [1.807, 2.05) is 0 Å². The SMILES string of the molecule is C[C@@H]1C(=O)N([Si](C)(C)C(C)(C)C)[C@@H]1C(=O)O. The van der Waals surface area contributed by atoms with Gasteiger partial charge in [0.25, 0.3) is 0 Å². The van der Waals surface area contributed by atoms with Gasteiger partial charge in [0.1, 0.15) is 6.04 Å². The fourth-order valence-corrected chi connectivity index (χ4v) is 4.45. The van der Waals surface area contributed by atoms with Crippen LogP contribution in [0.4, 0.5) is 0 Å². The van der Waals surface area contributed by atoms with Crippen LogP contribution in [-0.4, -0.2) is 35.8 Å². The molecule has 1 fully saturated rings. The first-order valence-electron chi connectivity index (χ1n) is 5.58. The molecule has 16 heavy (non-hydrogen) atoms. The number of carboxylic acids is 1.